The molecule has 0 radical (unpaired) electrons. The molecule has 0 heterocycles. The minimum atomic E-state index is 0.0126. The first kappa shape index (κ1) is 15.5. The summed E-state index contributed by atoms with van der Waals surface area (Å²) in [6, 6.07) is 5.25. The number of benzene rings is 1. The van der Waals surface area contributed by atoms with Gasteiger partial charge in [-0.15, -0.1) is 0 Å². The monoisotopic (exact) mass is 265 g/mol. The van der Waals surface area contributed by atoms with Gasteiger partial charge in [-0.25, -0.2) is 0 Å². The van der Waals surface area contributed by atoms with E-state index in [1.165, 1.54) is 0 Å². The van der Waals surface area contributed by atoms with E-state index in [0.717, 1.165) is 0 Å². The minimum Gasteiger partial charge on any atom is -0.497 e. The van der Waals surface area contributed by atoms with Crippen LogP contribution in [0.5, 0.6) is 11.5 Å². The molecule has 1 aromatic rings. The van der Waals surface area contributed by atoms with E-state index in [0.29, 0.717) is 30.0 Å². The first-order valence-corrected chi connectivity index (χ1v) is 6.37. The molecule has 0 aliphatic rings. The Labute approximate surface area is 115 Å². The van der Waals surface area contributed by atoms with Crippen molar-refractivity contribution >= 4 is 5.78 Å². The van der Waals surface area contributed by atoms with Gasteiger partial charge in [-0.1, -0.05) is 0 Å². The van der Waals surface area contributed by atoms with E-state index in [2.05, 4.69) is 26.1 Å². The van der Waals surface area contributed by atoms with Crippen LogP contribution >= 0.6 is 0 Å². The Bertz CT molecular complexity index is 436. The molecule has 1 rings (SSSR count). The van der Waals surface area contributed by atoms with Crippen LogP contribution in [0.3, 0.4) is 0 Å². The molecule has 0 atom stereocenters. The van der Waals surface area contributed by atoms with Crippen LogP contribution in [0.4, 0.5) is 0 Å². The maximum Gasteiger partial charge on any atom is 0.168 e. The van der Waals surface area contributed by atoms with Crippen LogP contribution in [0.2, 0.25) is 0 Å². The summed E-state index contributed by atoms with van der Waals surface area (Å²) in [4.78, 5) is 12.2. The number of carbonyl (C=O) groups is 1. The zero-order chi connectivity index (χ0) is 14.5. The normalized spacial score (nSPS) is 11.2. The summed E-state index contributed by atoms with van der Waals surface area (Å²) in [6.07, 6.45) is 0.431. The van der Waals surface area contributed by atoms with Crippen LogP contribution in [0.1, 0.15) is 37.6 Å². The molecule has 0 aliphatic carbocycles. The molecule has 0 aromatic heterocycles. The quantitative estimate of drug-likeness (QED) is 0.803. The molecule has 0 aliphatic heterocycles. The van der Waals surface area contributed by atoms with Gasteiger partial charge < -0.3 is 14.8 Å². The molecular formula is C15H23NO3. The summed E-state index contributed by atoms with van der Waals surface area (Å²) < 4.78 is 10.4. The first-order chi connectivity index (χ1) is 8.87. The number of ether oxygens (including phenoxy) is 2. The molecular weight excluding hydrogens is 242 g/mol. The van der Waals surface area contributed by atoms with Gasteiger partial charge in [-0.3, -0.25) is 4.79 Å². The van der Waals surface area contributed by atoms with E-state index in [1.807, 2.05) is 0 Å². The van der Waals surface area contributed by atoms with Gasteiger partial charge in [0.05, 0.1) is 19.8 Å². The maximum absolute atomic E-state index is 12.2. The van der Waals surface area contributed by atoms with Gasteiger partial charge in [0.2, 0.25) is 0 Å². The molecule has 4 heteroatoms. The first-order valence-electron chi connectivity index (χ1n) is 6.37. The lowest BCUT2D eigenvalue weighted by molar-refractivity contribution is 0.0977. The SMILES string of the molecule is COc1ccc(OC)c(C(=O)CCNC(C)(C)C)c1. The average Bonchev–Trinajstić information content (AvgIpc) is 2.36. The van der Waals surface area contributed by atoms with Gasteiger partial charge in [0.1, 0.15) is 11.5 Å². The standard InChI is InChI=1S/C15H23NO3/c1-15(2,3)16-9-8-13(17)12-10-11(18-4)6-7-14(12)19-5/h6-7,10,16H,8-9H2,1-5H3. The van der Waals surface area contributed by atoms with Crippen molar-refractivity contribution in [2.45, 2.75) is 32.7 Å². The highest BCUT2D eigenvalue weighted by Gasteiger charge is 2.15. The van der Waals surface area contributed by atoms with Crippen molar-refractivity contribution in [2.75, 3.05) is 20.8 Å². The van der Waals surface area contributed by atoms with E-state index < -0.39 is 0 Å². The highest BCUT2D eigenvalue weighted by molar-refractivity contribution is 5.99. The van der Waals surface area contributed by atoms with Gasteiger partial charge in [0.15, 0.2) is 5.78 Å². The molecule has 1 aromatic carbocycles. The average molecular weight is 265 g/mol. The highest BCUT2D eigenvalue weighted by atomic mass is 16.5. The molecule has 4 nitrogen and oxygen atoms in total. The minimum absolute atomic E-state index is 0.0126. The fourth-order valence-corrected chi connectivity index (χ4v) is 1.72. The molecule has 0 amide bonds. The number of ketones is 1. The summed E-state index contributed by atoms with van der Waals surface area (Å²) >= 11 is 0. The third kappa shape index (κ3) is 4.91. The largest absolute Gasteiger partial charge is 0.497 e. The van der Waals surface area contributed by atoms with Gasteiger partial charge in [0.25, 0.3) is 0 Å². The molecule has 0 saturated heterocycles. The Balaban J connectivity index is 2.75. The van der Waals surface area contributed by atoms with Crippen molar-refractivity contribution < 1.29 is 14.3 Å². The van der Waals surface area contributed by atoms with E-state index in [4.69, 9.17) is 9.47 Å². The Kier molecular flexibility index (Phi) is 5.36. The fourth-order valence-electron chi connectivity index (χ4n) is 1.72. The topological polar surface area (TPSA) is 47.6 Å². The number of Topliss-reactive ketones (excluding diaryl/α,β-unsaturated/α-hetero) is 1. The van der Waals surface area contributed by atoms with Crippen LogP contribution in [0.15, 0.2) is 18.2 Å². The zero-order valence-electron chi connectivity index (χ0n) is 12.4. The third-order valence-electron chi connectivity index (χ3n) is 2.71. The predicted molar refractivity (Wildman–Crippen MR) is 76.2 cm³/mol. The molecule has 0 fully saturated rings. The maximum atomic E-state index is 12.2. The van der Waals surface area contributed by atoms with Gasteiger partial charge in [-0.2, -0.15) is 0 Å². The Morgan fingerprint density at radius 3 is 2.42 bits per heavy atom. The fraction of sp³-hybridized carbons (Fsp3) is 0.533. The van der Waals surface area contributed by atoms with Crippen LogP contribution < -0.4 is 14.8 Å². The summed E-state index contributed by atoms with van der Waals surface area (Å²) in [6.45, 7) is 6.86. The lowest BCUT2D eigenvalue weighted by Gasteiger charge is -2.20. The Morgan fingerprint density at radius 2 is 1.89 bits per heavy atom. The molecule has 0 saturated carbocycles. The van der Waals surface area contributed by atoms with Crippen LogP contribution in [-0.4, -0.2) is 32.1 Å². The number of rotatable bonds is 6. The molecule has 106 valence electrons. The van der Waals surface area contributed by atoms with Crippen molar-refractivity contribution in [1.82, 2.24) is 5.32 Å². The summed E-state index contributed by atoms with van der Waals surface area (Å²) in [7, 11) is 3.14. The number of nitrogens with one attached hydrogen (secondary N) is 1. The second kappa shape index (κ2) is 6.57. The van der Waals surface area contributed by atoms with Crippen LogP contribution in [0.25, 0.3) is 0 Å². The second-order valence-electron chi connectivity index (χ2n) is 5.42. The lowest BCUT2D eigenvalue weighted by atomic mass is 10.0. The zero-order valence-corrected chi connectivity index (χ0v) is 12.4. The molecule has 1 N–H and O–H groups in total. The lowest BCUT2D eigenvalue weighted by Crippen LogP contribution is -2.37. The Hall–Kier alpha value is -1.55. The van der Waals surface area contributed by atoms with Crippen molar-refractivity contribution in [3.8, 4) is 11.5 Å². The van der Waals surface area contributed by atoms with E-state index in [1.54, 1.807) is 32.4 Å². The van der Waals surface area contributed by atoms with Gasteiger partial charge >= 0.3 is 0 Å². The molecule has 19 heavy (non-hydrogen) atoms. The second-order valence-corrected chi connectivity index (χ2v) is 5.42. The molecule has 0 bridgehead atoms. The van der Waals surface area contributed by atoms with Crippen LogP contribution in [-0.2, 0) is 0 Å². The molecule has 0 spiro atoms. The summed E-state index contributed by atoms with van der Waals surface area (Å²) in [5.41, 5.74) is 0.580. The van der Waals surface area contributed by atoms with E-state index in [-0.39, 0.29) is 11.3 Å². The van der Waals surface area contributed by atoms with Crippen molar-refractivity contribution in [2.24, 2.45) is 0 Å². The van der Waals surface area contributed by atoms with E-state index >= 15 is 0 Å². The van der Waals surface area contributed by atoms with E-state index in [9.17, 15) is 4.79 Å². The third-order valence-corrected chi connectivity index (χ3v) is 2.71. The number of methoxy groups -OCH3 is 2. The van der Waals surface area contributed by atoms with Crippen molar-refractivity contribution in [3.63, 3.8) is 0 Å². The number of carbonyl (C=O) groups excluding carboxylic acids is 1. The van der Waals surface area contributed by atoms with Gasteiger partial charge in [0, 0.05) is 18.5 Å². The summed E-state index contributed by atoms with van der Waals surface area (Å²) in [5.74, 6) is 1.29. The predicted octanol–water partition coefficient (Wildman–Crippen LogP) is 2.66. The van der Waals surface area contributed by atoms with Crippen molar-refractivity contribution in [3.05, 3.63) is 23.8 Å². The van der Waals surface area contributed by atoms with Crippen molar-refractivity contribution in [1.29, 1.82) is 0 Å². The number of hydrogen-bond acceptors (Lipinski definition) is 4. The highest BCUT2D eigenvalue weighted by Crippen LogP contribution is 2.25. The molecule has 0 unspecified atom stereocenters. The van der Waals surface area contributed by atoms with Gasteiger partial charge in [-0.05, 0) is 39.0 Å². The number of hydrogen-bond donors (Lipinski definition) is 1. The smallest absolute Gasteiger partial charge is 0.168 e. The Morgan fingerprint density at radius 1 is 1.21 bits per heavy atom. The van der Waals surface area contributed by atoms with Crippen LogP contribution in [0, 0.1) is 0 Å². The summed E-state index contributed by atoms with van der Waals surface area (Å²) in [5, 5.41) is 3.30.